The predicted octanol–water partition coefficient (Wildman–Crippen LogP) is 0.117. The van der Waals surface area contributed by atoms with Gasteiger partial charge in [0.1, 0.15) is 4.90 Å². The summed E-state index contributed by atoms with van der Waals surface area (Å²) in [6, 6.07) is 3.03. The van der Waals surface area contributed by atoms with E-state index in [1.54, 1.807) is 12.3 Å². The van der Waals surface area contributed by atoms with E-state index in [2.05, 4.69) is 19.7 Å². The van der Waals surface area contributed by atoms with E-state index < -0.39 is 10.0 Å². The van der Waals surface area contributed by atoms with Crippen molar-refractivity contribution in [3.63, 3.8) is 0 Å². The minimum Gasteiger partial charge on any atom is -0.325 e. The van der Waals surface area contributed by atoms with Crippen LogP contribution in [0.4, 0.5) is 0 Å². The predicted molar refractivity (Wildman–Crippen MR) is 72.9 cm³/mol. The van der Waals surface area contributed by atoms with Crippen LogP contribution < -0.4 is 10.5 Å². The summed E-state index contributed by atoms with van der Waals surface area (Å²) in [6.07, 6.45) is 4.62. The van der Waals surface area contributed by atoms with Crippen LogP contribution in [0.5, 0.6) is 0 Å². The second-order valence-electron chi connectivity index (χ2n) is 4.13. The van der Waals surface area contributed by atoms with Gasteiger partial charge in [0.15, 0.2) is 0 Å². The fourth-order valence-electron chi connectivity index (χ4n) is 1.58. The number of pyridine rings is 1. The fraction of sp³-hybridized carbons (Fsp3) is 0.250. The van der Waals surface area contributed by atoms with Crippen LogP contribution in [0.3, 0.4) is 0 Å². The lowest BCUT2D eigenvalue weighted by Gasteiger charge is -2.09. The number of hydrogen-bond acceptors (Lipinski definition) is 6. The molecule has 2 heterocycles. The Morgan fingerprint density at radius 1 is 1.25 bits per heavy atom. The van der Waals surface area contributed by atoms with E-state index in [0.717, 1.165) is 5.69 Å². The smallest absolute Gasteiger partial charge is 0.242 e. The molecule has 0 aliphatic rings. The molecule has 0 bridgehead atoms. The molecule has 0 amide bonds. The lowest BCUT2D eigenvalue weighted by atomic mass is 10.3. The second-order valence-corrected chi connectivity index (χ2v) is 5.86. The number of hydrogen-bond donors (Lipinski definition) is 2. The number of aromatic nitrogens is 3. The molecule has 8 heteroatoms. The first-order valence-electron chi connectivity index (χ1n) is 5.94. The van der Waals surface area contributed by atoms with Gasteiger partial charge in [-0.05, 0) is 19.1 Å². The molecular formula is C12H15N5O2S. The molecule has 2 rings (SSSR count). The molecule has 0 radical (unpaired) electrons. The molecule has 7 nitrogen and oxygen atoms in total. The topological polar surface area (TPSA) is 111 Å². The summed E-state index contributed by atoms with van der Waals surface area (Å²) < 4.78 is 26.9. The largest absolute Gasteiger partial charge is 0.325 e. The first-order chi connectivity index (χ1) is 9.53. The Kier molecular flexibility index (Phi) is 4.38. The van der Waals surface area contributed by atoms with Gasteiger partial charge in [0.25, 0.3) is 0 Å². The van der Waals surface area contributed by atoms with Gasteiger partial charge >= 0.3 is 0 Å². The lowest BCUT2D eigenvalue weighted by molar-refractivity contribution is 0.578. The van der Waals surface area contributed by atoms with Crippen molar-refractivity contribution in [2.24, 2.45) is 5.73 Å². The zero-order valence-corrected chi connectivity index (χ0v) is 11.8. The first kappa shape index (κ1) is 14.5. The van der Waals surface area contributed by atoms with Gasteiger partial charge in [0, 0.05) is 18.9 Å². The van der Waals surface area contributed by atoms with Gasteiger partial charge < -0.3 is 5.73 Å². The normalized spacial score (nSPS) is 11.5. The summed E-state index contributed by atoms with van der Waals surface area (Å²) in [5, 5.41) is 0. The molecule has 3 N–H and O–H groups in total. The molecule has 0 aliphatic carbocycles. The Hall–Kier alpha value is -1.90. The van der Waals surface area contributed by atoms with Gasteiger partial charge in [-0.1, -0.05) is 0 Å². The van der Waals surface area contributed by atoms with Crippen molar-refractivity contribution in [2.45, 2.75) is 24.9 Å². The molecule has 0 fully saturated rings. The van der Waals surface area contributed by atoms with E-state index in [9.17, 15) is 8.42 Å². The SMILES string of the molecule is Cc1cnc(CNS(=O)(=O)c2cccnc2CN)cn1. The van der Waals surface area contributed by atoms with Gasteiger partial charge in [-0.2, -0.15) is 0 Å². The highest BCUT2D eigenvalue weighted by molar-refractivity contribution is 7.89. The Balaban J connectivity index is 2.17. The second kappa shape index (κ2) is 6.04. The highest BCUT2D eigenvalue weighted by Crippen LogP contribution is 2.12. The summed E-state index contributed by atoms with van der Waals surface area (Å²) in [4.78, 5) is 12.2. The fourth-order valence-corrected chi connectivity index (χ4v) is 2.78. The van der Waals surface area contributed by atoms with Crippen LogP contribution >= 0.6 is 0 Å². The minimum atomic E-state index is -3.67. The molecule has 20 heavy (non-hydrogen) atoms. The zero-order chi connectivity index (χ0) is 14.6. The van der Waals surface area contributed by atoms with Crippen molar-refractivity contribution < 1.29 is 8.42 Å². The standard InChI is InChI=1S/C12H15N5O2S/c1-9-6-16-10(7-15-9)8-17-20(18,19)12-3-2-4-14-11(12)5-13/h2-4,6-7,17H,5,8,13H2,1H3. The minimum absolute atomic E-state index is 0.0570. The molecule has 0 aromatic carbocycles. The molecule has 0 spiro atoms. The van der Waals surface area contributed by atoms with Crippen LogP contribution in [0.2, 0.25) is 0 Å². The van der Waals surface area contributed by atoms with Gasteiger partial charge in [-0.3, -0.25) is 15.0 Å². The van der Waals surface area contributed by atoms with Crippen LogP contribution in [0.15, 0.2) is 35.6 Å². The molecule has 0 aliphatic heterocycles. The lowest BCUT2D eigenvalue weighted by Crippen LogP contribution is -2.25. The molecular weight excluding hydrogens is 278 g/mol. The molecule has 0 unspecified atom stereocenters. The number of nitrogens with two attached hydrogens (primary N) is 1. The number of nitrogens with zero attached hydrogens (tertiary/aromatic N) is 3. The van der Waals surface area contributed by atoms with Crippen molar-refractivity contribution in [1.29, 1.82) is 0 Å². The summed E-state index contributed by atoms with van der Waals surface area (Å²) in [7, 11) is -3.67. The van der Waals surface area contributed by atoms with Crippen molar-refractivity contribution in [1.82, 2.24) is 19.7 Å². The van der Waals surface area contributed by atoms with Crippen LogP contribution in [-0.4, -0.2) is 23.4 Å². The maximum atomic E-state index is 12.2. The highest BCUT2D eigenvalue weighted by Gasteiger charge is 2.18. The highest BCUT2D eigenvalue weighted by atomic mass is 32.2. The van der Waals surface area contributed by atoms with Gasteiger partial charge in [0.2, 0.25) is 10.0 Å². The Morgan fingerprint density at radius 3 is 2.70 bits per heavy atom. The van der Waals surface area contributed by atoms with Crippen LogP contribution in [0.25, 0.3) is 0 Å². The van der Waals surface area contributed by atoms with Crippen LogP contribution in [-0.2, 0) is 23.1 Å². The Labute approximate surface area is 117 Å². The molecule has 2 aromatic heterocycles. The van der Waals surface area contributed by atoms with E-state index in [-0.39, 0.29) is 18.0 Å². The monoisotopic (exact) mass is 293 g/mol. The van der Waals surface area contributed by atoms with Gasteiger partial charge in [0.05, 0.1) is 29.8 Å². The number of rotatable bonds is 5. The quantitative estimate of drug-likeness (QED) is 0.810. The van der Waals surface area contributed by atoms with Crippen molar-refractivity contribution in [3.05, 3.63) is 47.8 Å². The van der Waals surface area contributed by atoms with Crippen LogP contribution in [0.1, 0.15) is 17.1 Å². The zero-order valence-electron chi connectivity index (χ0n) is 10.9. The van der Waals surface area contributed by atoms with Gasteiger partial charge in [-0.25, -0.2) is 13.1 Å². The number of nitrogens with one attached hydrogen (secondary N) is 1. The van der Waals surface area contributed by atoms with Gasteiger partial charge in [-0.15, -0.1) is 0 Å². The van der Waals surface area contributed by atoms with E-state index in [1.165, 1.54) is 18.5 Å². The third kappa shape index (κ3) is 3.35. The summed E-state index contributed by atoms with van der Waals surface area (Å²) >= 11 is 0. The molecule has 106 valence electrons. The van der Waals surface area contributed by atoms with E-state index in [4.69, 9.17) is 5.73 Å². The third-order valence-corrected chi connectivity index (χ3v) is 4.08. The Morgan fingerprint density at radius 2 is 2.05 bits per heavy atom. The average Bonchev–Trinajstić information content (AvgIpc) is 2.46. The van der Waals surface area contributed by atoms with Crippen LogP contribution in [0, 0.1) is 6.92 Å². The summed E-state index contributed by atoms with van der Waals surface area (Å²) in [5.74, 6) is 0. The van der Waals surface area contributed by atoms with Crippen molar-refractivity contribution >= 4 is 10.0 Å². The maximum absolute atomic E-state index is 12.2. The van der Waals surface area contributed by atoms with E-state index in [1.807, 2.05) is 6.92 Å². The van der Waals surface area contributed by atoms with E-state index >= 15 is 0 Å². The Bertz CT molecular complexity index is 685. The van der Waals surface area contributed by atoms with Crippen molar-refractivity contribution in [3.8, 4) is 0 Å². The summed E-state index contributed by atoms with van der Waals surface area (Å²) in [5.41, 5.74) is 7.13. The molecule has 0 atom stereocenters. The number of sulfonamides is 1. The maximum Gasteiger partial charge on any atom is 0.242 e. The first-order valence-corrected chi connectivity index (χ1v) is 7.42. The molecule has 2 aromatic rings. The molecule has 0 saturated heterocycles. The number of aryl methyl sites for hydroxylation is 1. The van der Waals surface area contributed by atoms with Crippen molar-refractivity contribution in [2.75, 3.05) is 0 Å². The summed E-state index contributed by atoms with van der Waals surface area (Å²) in [6.45, 7) is 1.93. The molecule has 0 saturated carbocycles. The third-order valence-electron chi connectivity index (χ3n) is 2.61. The average molecular weight is 293 g/mol. The van der Waals surface area contributed by atoms with E-state index in [0.29, 0.717) is 11.4 Å².